The van der Waals surface area contributed by atoms with Gasteiger partial charge in [0.2, 0.25) is 11.8 Å². The fourth-order valence-electron chi connectivity index (χ4n) is 5.00. The molecule has 4 rings (SSSR count). The van der Waals surface area contributed by atoms with Gasteiger partial charge in [-0.2, -0.15) is 0 Å². The van der Waals surface area contributed by atoms with Gasteiger partial charge in [0.05, 0.1) is 29.3 Å². The smallest absolute Gasteiger partial charge is 0.338 e. The van der Waals surface area contributed by atoms with E-state index in [9.17, 15) is 28.8 Å². The Morgan fingerprint density at radius 2 is 1.25 bits per heavy atom. The first-order valence-electron chi connectivity index (χ1n) is 17.2. The SMILES string of the molecule is C=CCOC(=O)c1ccc(NC(=O)c2ccc(NC(=O)c3ccc(NC(=O)C(CC(N)=O)NC(=O)c4ccc(N)cc4)cc3)c(OC(C)C)c2OCC=C)cc1. The first-order valence-corrected chi connectivity index (χ1v) is 17.2. The van der Waals surface area contributed by atoms with Crippen molar-refractivity contribution in [1.29, 1.82) is 0 Å². The highest BCUT2D eigenvalue weighted by Crippen LogP contribution is 2.40. The van der Waals surface area contributed by atoms with Crippen molar-refractivity contribution in [3.05, 3.63) is 132 Å². The summed E-state index contributed by atoms with van der Waals surface area (Å²) in [7, 11) is 0. The topological polar surface area (TPSA) is 230 Å². The van der Waals surface area contributed by atoms with Gasteiger partial charge in [-0.1, -0.05) is 25.3 Å². The lowest BCUT2D eigenvalue weighted by Crippen LogP contribution is -2.46. The third kappa shape index (κ3) is 11.5. The molecule has 0 aromatic heterocycles. The maximum Gasteiger partial charge on any atom is 0.338 e. The van der Waals surface area contributed by atoms with Crippen LogP contribution in [-0.2, 0) is 14.3 Å². The van der Waals surface area contributed by atoms with Crippen LogP contribution in [0.5, 0.6) is 11.5 Å². The molecule has 15 heteroatoms. The van der Waals surface area contributed by atoms with Crippen molar-refractivity contribution in [3.8, 4) is 11.5 Å². The summed E-state index contributed by atoms with van der Waals surface area (Å²) >= 11 is 0. The van der Waals surface area contributed by atoms with Crippen molar-refractivity contribution in [1.82, 2.24) is 5.32 Å². The molecule has 290 valence electrons. The van der Waals surface area contributed by atoms with Crippen LogP contribution in [0.15, 0.2) is 110 Å². The van der Waals surface area contributed by atoms with Crippen LogP contribution in [-0.4, -0.2) is 60.9 Å². The van der Waals surface area contributed by atoms with Crippen molar-refractivity contribution in [2.45, 2.75) is 32.4 Å². The Labute approximate surface area is 323 Å². The molecule has 0 heterocycles. The molecular weight excluding hydrogens is 720 g/mol. The normalized spacial score (nSPS) is 11.0. The number of carbonyl (C=O) groups excluding carboxylic acids is 6. The second kappa shape index (κ2) is 19.6. The average Bonchev–Trinajstić information content (AvgIpc) is 3.17. The van der Waals surface area contributed by atoms with Gasteiger partial charge in [0.1, 0.15) is 19.3 Å². The van der Waals surface area contributed by atoms with Gasteiger partial charge in [-0.25, -0.2) is 4.79 Å². The van der Waals surface area contributed by atoms with Crippen LogP contribution in [0.2, 0.25) is 0 Å². The molecule has 56 heavy (non-hydrogen) atoms. The lowest BCUT2D eigenvalue weighted by Gasteiger charge is -2.21. The first kappa shape index (κ1) is 41.3. The predicted molar refractivity (Wildman–Crippen MR) is 212 cm³/mol. The zero-order valence-corrected chi connectivity index (χ0v) is 30.8. The Morgan fingerprint density at radius 1 is 0.679 bits per heavy atom. The highest BCUT2D eigenvalue weighted by atomic mass is 16.5. The fraction of sp³-hybridized carbons (Fsp3) is 0.171. The zero-order chi connectivity index (χ0) is 40.8. The van der Waals surface area contributed by atoms with E-state index in [1.807, 2.05) is 0 Å². The van der Waals surface area contributed by atoms with Gasteiger partial charge < -0.3 is 46.9 Å². The lowest BCUT2D eigenvalue weighted by atomic mass is 10.1. The van der Waals surface area contributed by atoms with E-state index in [4.69, 9.17) is 25.7 Å². The number of hydrogen-bond acceptors (Lipinski definition) is 10. The number of primary amides is 1. The maximum atomic E-state index is 13.5. The number of nitrogen functional groups attached to an aromatic ring is 1. The van der Waals surface area contributed by atoms with E-state index in [2.05, 4.69) is 34.4 Å². The van der Waals surface area contributed by atoms with Crippen LogP contribution < -0.4 is 42.2 Å². The summed E-state index contributed by atoms with van der Waals surface area (Å²) in [6.07, 6.45) is 2.08. The summed E-state index contributed by atoms with van der Waals surface area (Å²) in [5.41, 5.74) is 13.1. The van der Waals surface area contributed by atoms with Crippen LogP contribution in [0.3, 0.4) is 0 Å². The third-order valence-corrected chi connectivity index (χ3v) is 7.63. The maximum absolute atomic E-state index is 13.5. The van der Waals surface area contributed by atoms with Gasteiger partial charge in [0.15, 0.2) is 11.5 Å². The number of ether oxygens (including phenoxy) is 3. The molecule has 0 aliphatic rings. The van der Waals surface area contributed by atoms with Gasteiger partial charge in [0.25, 0.3) is 17.7 Å². The van der Waals surface area contributed by atoms with Crippen molar-refractivity contribution < 1.29 is 43.0 Å². The van der Waals surface area contributed by atoms with E-state index in [-0.39, 0.29) is 58.3 Å². The van der Waals surface area contributed by atoms with Crippen molar-refractivity contribution in [2.24, 2.45) is 5.73 Å². The van der Waals surface area contributed by atoms with Crippen LogP contribution >= 0.6 is 0 Å². The van der Waals surface area contributed by atoms with Gasteiger partial charge >= 0.3 is 5.97 Å². The molecule has 4 aromatic carbocycles. The molecular formula is C41H42N6O9. The quantitative estimate of drug-likeness (QED) is 0.0447. The van der Waals surface area contributed by atoms with Crippen molar-refractivity contribution in [3.63, 3.8) is 0 Å². The molecule has 0 bridgehead atoms. The Balaban J connectivity index is 1.51. The molecule has 0 aliphatic carbocycles. The number of esters is 1. The molecule has 0 aliphatic heterocycles. The number of benzene rings is 4. The summed E-state index contributed by atoms with van der Waals surface area (Å²) in [6.45, 7) is 10.8. The molecule has 1 unspecified atom stereocenters. The third-order valence-electron chi connectivity index (χ3n) is 7.63. The Hall–Kier alpha value is -7.42. The standard InChI is InChI=1S/C41H42N6O9/c1-5-21-54-35-31(39(51)44-29-17-11-27(12-18-29)41(53)55-22-6-2)19-20-32(36(35)56-24(3)4)46-37(49)26-9-15-30(16-10-26)45-40(52)33(23-34(43)48)47-38(50)25-7-13-28(42)14-8-25/h5-20,24,33H,1-2,21-23,42H2,3-4H3,(H2,43,48)(H,44,51)(H,45,52)(H,46,49)(H,47,50). The summed E-state index contributed by atoms with van der Waals surface area (Å²) in [5.74, 6) is -3.65. The minimum absolute atomic E-state index is 0.00614. The second-order valence-electron chi connectivity index (χ2n) is 12.3. The fourth-order valence-corrected chi connectivity index (χ4v) is 5.00. The summed E-state index contributed by atoms with van der Waals surface area (Å²) in [5, 5.41) is 10.7. The van der Waals surface area contributed by atoms with E-state index < -0.39 is 54.1 Å². The summed E-state index contributed by atoms with van der Waals surface area (Å²) in [4.78, 5) is 76.7. The monoisotopic (exact) mass is 762 g/mol. The minimum atomic E-state index is -1.29. The zero-order valence-electron chi connectivity index (χ0n) is 30.8. The number of rotatable bonds is 18. The molecule has 0 spiro atoms. The predicted octanol–water partition coefficient (Wildman–Crippen LogP) is 5.08. The summed E-state index contributed by atoms with van der Waals surface area (Å²) in [6, 6.07) is 19.6. The van der Waals surface area contributed by atoms with Gasteiger partial charge in [-0.05, 0) is 98.8 Å². The number of nitrogens with one attached hydrogen (secondary N) is 4. The Kier molecular flexibility index (Phi) is 14.5. The number of anilines is 4. The number of amides is 5. The first-order chi connectivity index (χ1) is 26.8. The molecule has 15 nitrogen and oxygen atoms in total. The molecule has 0 radical (unpaired) electrons. The van der Waals surface area contributed by atoms with Gasteiger partial charge in [0, 0.05) is 28.2 Å². The average molecular weight is 763 g/mol. The molecule has 4 aromatic rings. The molecule has 5 amide bonds. The van der Waals surface area contributed by atoms with Crippen LogP contribution in [0.4, 0.5) is 22.7 Å². The minimum Gasteiger partial charge on any atom is -0.485 e. The highest BCUT2D eigenvalue weighted by molar-refractivity contribution is 6.10. The molecule has 0 saturated heterocycles. The lowest BCUT2D eigenvalue weighted by molar-refractivity contribution is -0.123. The van der Waals surface area contributed by atoms with E-state index in [1.54, 1.807) is 26.0 Å². The molecule has 0 fully saturated rings. The Morgan fingerprint density at radius 3 is 1.84 bits per heavy atom. The second-order valence-corrected chi connectivity index (χ2v) is 12.3. The van der Waals surface area contributed by atoms with Gasteiger partial charge in [-0.15, -0.1) is 0 Å². The van der Waals surface area contributed by atoms with Crippen LogP contribution in [0.1, 0.15) is 61.7 Å². The summed E-state index contributed by atoms with van der Waals surface area (Å²) < 4.78 is 17.0. The molecule has 1 atom stereocenters. The van der Waals surface area contributed by atoms with E-state index in [0.717, 1.165) is 0 Å². The van der Waals surface area contributed by atoms with E-state index in [1.165, 1.54) is 84.9 Å². The van der Waals surface area contributed by atoms with Crippen LogP contribution in [0.25, 0.3) is 0 Å². The molecule has 0 saturated carbocycles. The number of hydrogen-bond donors (Lipinski definition) is 6. The largest absolute Gasteiger partial charge is 0.485 e. The van der Waals surface area contributed by atoms with Crippen molar-refractivity contribution >= 4 is 58.3 Å². The van der Waals surface area contributed by atoms with Gasteiger partial charge in [-0.3, -0.25) is 24.0 Å². The van der Waals surface area contributed by atoms with E-state index in [0.29, 0.717) is 11.4 Å². The van der Waals surface area contributed by atoms with E-state index >= 15 is 0 Å². The molecule has 8 N–H and O–H groups in total. The number of carbonyl (C=O) groups is 6. The Bertz CT molecular complexity index is 2100. The van der Waals surface area contributed by atoms with Crippen molar-refractivity contribution in [2.75, 3.05) is 34.9 Å². The number of nitrogens with two attached hydrogens (primary N) is 2. The van der Waals surface area contributed by atoms with Crippen LogP contribution in [0, 0.1) is 0 Å². The highest BCUT2D eigenvalue weighted by Gasteiger charge is 2.26.